The van der Waals surface area contributed by atoms with E-state index in [2.05, 4.69) is 25.8 Å². The molecule has 5 rings (SSSR count). The first-order valence-corrected chi connectivity index (χ1v) is 14.9. The van der Waals surface area contributed by atoms with Crippen LogP contribution in [0.2, 0.25) is 0 Å². The lowest BCUT2D eigenvalue weighted by atomic mass is 9.80. The van der Waals surface area contributed by atoms with Crippen LogP contribution in [-0.4, -0.2) is 74.2 Å². The summed E-state index contributed by atoms with van der Waals surface area (Å²) in [7, 11) is 0. The molecular formula is C30H41N7O7. The lowest BCUT2D eigenvalue weighted by molar-refractivity contribution is -0.140. The average Bonchev–Trinajstić information content (AvgIpc) is 3.46. The van der Waals surface area contributed by atoms with Crippen LogP contribution in [0.1, 0.15) is 96.5 Å². The molecule has 1 unspecified atom stereocenters. The number of hydrogen-bond acceptors (Lipinski definition) is 9. The molecular weight excluding hydrogens is 570 g/mol. The standard InChI is InChI=1S/C30H41N7O7/c1-29(2,3)43-26(38)32-25(33-27(39)44-30(4,5)6)31-20-14-19(15-20)23-34-35-24(42-23)22-13-12-21-16-36(22)28(40)37(21)41-17-18-10-8-7-9-11-18/h7-11,19-22H,12-17H2,1-6H3,(H2,31,32,33,38,39)/t19-,20+,21?,22-/m0/s1. The van der Waals surface area contributed by atoms with Crippen LogP contribution in [0.4, 0.5) is 14.4 Å². The van der Waals surface area contributed by atoms with Gasteiger partial charge in [-0.15, -0.1) is 15.2 Å². The van der Waals surface area contributed by atoms with Gasteiger partial charge in [0.1, 0.15) is 23.9 Å². The molecule has 2 saturated heterocycles. The first kappa shape index (κ1) is 31.2. The van der Waals surface area contributed by atoms with Gasteiger partial charge >= 0.3 is 18.2 Å². The zero-order valence-corrected chi connectivity index (χ0v) is 26.0. The van der Waals surface area contributed by atoms with Gasteiger partial charge in [-0.2, -0.15) is 5.06 Å². The smallest absolute Gasteiger partial charge is 0.437 e. The van der Waals surface area contributed by atoms with Crippen LogP contribution < -0.4 is 10.6 Å². The van der Waals surface area contributed by atoms with Crippen LogP contribution in [-0.2, 0) is 20.9 Å². The number of hydrogen-bond donors (Lipinski definition) is 2. The monoisotopic (exact) mass is 611 g/mol. The summed E-state index contributed by atoms with van der Waals surface area (Å²) < 4.78 is 16.7. The fourth-order valence-corrected chi connectivity index (χ4v) is 5.32. The number of urea groups is 1. The van der Waals surface area contributed by atoms with Crippen molar-refractivity contribution in [1.29, 1.82) is 0 Å². The zero-order valence-electron chi connectivity index (χ0n) is 26.0. The molecule has 2 atom stereocenters. The molecule has 0 radical (unpaired) electrons. The van der Waals surface area contributed by atoms with Gasteiger partial charge in [0, 0.05) is 18.5 Å². The Labute approximate surface area is 256 Å². The van der Waals surface area contributed by atoms with E-state index >= 15 is 0 Å². The van der Waals surface area contributed by atoms with Crippen LogP contribution in [0.3, 0.4) is 0 Å². The summed E-state index contributed by atoms with van der Waals surface area (Å²) in [5, 5.41) is 15.7. The molecule has 3 heterocycles. The van der Waals surface area contributed by atoms with Crippen molar-refractivity contribution < 1.29 is 33.1 Å². The topological polar surface area (TPSA) is 161 Å². The molecule has 238 valence electrons. The number of carbonyl (C=O) groups is 3. The van der Waals surface area contributed by atoms with Gasteiger partial charge in [0.15, 0.2) is 0 Å². The first-order chi connectivity index (χ1) is 20.7. The minimum Gasteiger partial charge on any atom is -0.444 e. The Balaban J connectivity index is 1.16. The molecule has 4 amide bonds. The van der Waals surface area contributed by atoms with Crippen molar-refractivity contribution >= 4 is 24.2 Å². The van der Waals surface area contributed by atoms with E-state index in [4.69, 9.17) is 18.7 Å². The van der Waals surface area contributed by atoms with Crippen LogP contribution in [0.15, 0.2) is 39.7 Å². The van der Waals surface area contributed by atoms with Crippen molar-refractivity contribution in [2.75, 3.05) is 6.54 Å². The number of guanidine groups is 1. The second-order valence-corrected chi connectivity index (χ2v) is 13.3. The molecule has 14 heteroatoms. The lowest BCUT2D eigenvalue weighted by Crippen LogP contribution is -2.51. The maximum absolute atomic E-state index is 13.2. The zero-order chi connectivity index (χ0) is 31.6. The molecule has 1 aromatic carbocycles. The molecule has 2 aliphatic heterocycles. The number of rotatable bonds is 6. The number of aromatic nitrogens is 2. The van der Waals surface area contributed by atoms with E-state index in [0.717, 1.165) is 12.0 Å². The van der Waals surface area contributed by atoms with E-state index in [9.17, 15) is 14.4 Å². The van der Waals surface area contributed by atoms with E-state index in [0.29, 0.717) is 44.2 Å². The van der Waals surface area contributed by atoms with Crippen LogP contribution in [0.25, 0.3) is 0 Å². The number of benzene rings is 1. The van der Waals surface area contributed by atoms with Crippen LogP contribution in [0.5, 0.6) is 0 Å². The van der Waals surface area contributed by atoms with Crippen LogP contribution in [0, 0.1) is 0 Å². The van der Waals surface area contributed by atoms with Gasteiger partial charge in [-0.25, -0.2) is 14.4 Å². The van der Waals surface area contributed by atoms with Crippen molar-refractivity contribution in [1.82, 2.24) is 30.8 Å². The highest BCUT2D eigenvalue weighted by Crippen LogP contribution is 2.41. The lowest BCUT2D eigenvalue weighted by Gasteiger charge is -2.34. The molecule has 3 fully saturated rings. The van der Waals surface area contributed by atoms with E-state index in [1.807, 2.05) is 30.3 Å². The molecule has 14 nitrogen and oxygen atoms in total. The summed E-state index contributed by atoms with van der Waals surface area (Å²) in [6.07, 6.45) is 1.06. The number of hydroxylamine groups is 2. The number of fused-ring (bicyclic) bond motifs is 2. The molecule has 2 N–H and O–H groups in total. The number of piperidine rings is 1. The van der Waals surface area contributed by atoms with E-state index in [1.54, 1.807) is 46.4 Å². The number of alkyl carbamates (subject to hydrolysis) is 1. The predicted octanol–water partition coefficient (Wildman–Crippen LogP) is 4.79. The number of ether oxygens (including phenoxy) is 2. The van der Waals surface area contributed by atoms with E-state index < -0.39 is 23.4 Å². The number of nitrogens with one attached hydrogen (secondary N) is 2. The van der Waals surface area contributed by atoms with Crippen molar-refractivity contribution in [3.63, 3.8) is 0 Å². The molecule has 1 aliphatic carbocycles. The Morgan fingerprint density at radius 2 is 1.68 bits per heavy atom. The maximum atomic E-state index is 13.2. The minimum atomic E-state index is -0.844. The predicted molar refractivity (Wildman–Crippen MR) is 157 cm³/mol. The highest BCUT2D eigenvalue weighted by atomic mass is 16.7. The third-order valence-corrected chi connectivity index (χ3v) is 7.32. The van der Waals surface area contributed by atoms with Gasteiger partial charge in [-0.3, -0.25) is 10.2 Å². The van der Waals surface area contributed by atoms with Gasteiger partial charge in [0.25, 0.3) is 0 Å². The van der Waals surface area contributed by atoms with Crippen molar-refractivity contribution in [3.05, 3.63) is 47.7 Å². The number of amides is 4. The minimum absolute atomic E-state index is 0.0193. The Bertz CT molecular complexity index is 1380. The summed E-state index contributed by atoms with van der Waals surface area (Å²) in [5.74, 6) is 0.794. The van der Waals surface area contributed by atoms with Crippen molar-refractivity contribution in [2.45, 2.75) is 109 Å². The molecule has 3 aliphatic rings. The van der Waals surface area contributed by atoms with Gasteiger partial charge in [0.2, 0.25) is 17.7 Å². The third-order valence-electron chi connectivity index (χ3n) is 7.32. The summed E-state index contributed by atoms with van der Waals surface area (Å²) in [6.45, 7) is 11.3. The Hall–Kier alpha value is -4.20. The molecule has 2 bridgehead atoms. The number of carbonyl (C=O) groups excluding carboxylic acids is 3. The number of aliphatic imine (C=N–C) groups is 1. The fraction of sp³-hybridized carbons (Fsp3) is 0.600. The first-order valence-electron chi connectivity index (χ1n) is 14.9. The van der Waals surface area contributed by atoms with Crippen LogP contribution >= 0.6 is 0 Å². The second kappa shape index (κ2) is 12.4. The Morgan fingerprint density at radius 1 is 1.00 bits per heavy atom. The Morgan fingerprint density at radius 3 is 2.36 bits per heavy atom. The quantitative estimate of drug-likeness (QED) is 0.343. The van der Waals surface area contributed by atoms with Gasteiger partial charge < -0.3 is 24.1 Å². The summed E-state index contributed by atoms with van der Waals surface area (Å²) >= 11 is 0. The summed E-state index contributed by atoms with van der Waals surface area (Å²) in [4.78, 5) is 49.5. The molecule has 0 spiro atoms. The third kappa shape index (κ3) is 7.84. The summed E-state index contributed by atoms with van der Waals surface area (Å²) in [5.41, 5.74) is -0.488. The number of nitrogens with zero attached hydrogens (tertiary/aromatic N) is 5. The molecule has 1 aromatic heterocycles. The summed E-state index contributed by atoms with van der Waals surface area (Å²) in [6, 6.07) is 9.08. The second-order valence-electron chi connectivity index (χ2n) is 13.3. The van der Waals surface area contributed by atoms with Crippen molar-refractivity contribution in [2.24, 2.45) is 4.99 Å². The average molecular weight is 612 g/mol. The van der Waals surface area contributed by atoms with Gasteiger partial charge in [-0.1, -0.05) is 30.3 Å². The highest BCUT2D eigenvalue weighted by Gasteiger charge is 2.48. The largest absolute Gasteiger partial charge is 0.444 e. The van der Waals surface area contributed by atoms with Gasteiger partial charge in [-0.05, 0) is 72.8 Å². The molecule has 44 heavy (non-hydrogen) atoms. The highest BCUT2D eigenvalue weighted by molar-refractivity contribution is 5.99. The normalized spacial score (nSPS) is 23.7. The van der Waals surface area contributed by atoms with Gasteiger partial charge in [0.05, 0.1) is 6.04 Å². The SMILES string of the molecule is CC(C)(C)OC(=O)/N=C(\NC(=O)OC(C)(C)C)N[C@H]1C[C@@H](c2nnc([C@@H]3CCC4CN3C(=O)N4OCc3ccccc3)o2)C1. The van der Waals surface area contributed by atoms with Crippen molar-refractivity contribution in [3.8, 4) is 0 Å². The molecule has 2 aromatic rings. The van der Waals surface area contributed by atoms with E-state index in [1.165, 1.54) is 5.06 Å². The van der Waals surface area contributed by atoms with E-state index in [-0.39, 0.29) is 36.0 Å². The maximum Gasteiger partial charge on any atom is 0.437 e. The fourth-order valence-electron chi connectivity index (χ4n) is 5.32. The molecule has 1 saturated carbocycles. The Kier molecular flexibility index (Phi) is 8.82.